The zero-order valence-corrected chi connectivity index (χ0v) is 14.7. The summed E-state index contributed by atoms with van der Waals surface area (Å²) in [5.41, 5.74) is 2.22. The summed E-state index contributed by atoms with van der Waals surface area (Å²) in [5.74, 6) is -0.371. The summed E-state index contributed by atoms with van der Waals surface area (Å²) >= 11 is 1.66. The quantitative estimate of drug-likeness (QED) is 0.843. The second kappa shape index (κ2) is 6.82. The summed E-state index contributed by atoms with van der Waals surface area (Å²) in [6.07, 6.45) is 3.86. The van der Waals surface area contributed by atoms with Crippen LogP contribution in [0.3, 0.4) is 0 Å². The summed E-state index contributed by atoms with van der Waals surface area (Å²) in [7, 11) is 0. The molecule has 132 valence electrons. The first-order valence-electron chi connectivity index (χ1n) is 8.43. The van der Waals surface area contributed by atoms with Crippen molar-refractivity contribution in [2.45, 2.75) is 25.0 Å². The van der Waals surface area contributed by atoms with E-state index in [9.17, 15) is 9.18 Å². The van der Waals surface area contributed by atoms with E-state index in [1.807, 2.05) is 11.7 Å². The molecule has 1 atom stereocenters. The van der Waals surface area contributed by atoms with Gasteiger partial charge in [0.2, 0.25) is 0 Å². The van der Waals surface area contributed by atoms with Crippen molar-refractivity contribution < 1.29 is 13.9 Å². The van der Waals surface area contributed by atoms with E-state index in [-0.39, 0.29) is 23.9 Å². The maximum absolute atomic E-state index is 13.2. The third-order valence-corrected chi connectivity index (χ3v) is 5.63. The van der Waals surface area contributed by atoms with E-state index >= 15 is 0 Å². The van der Waals surface area contributed by atoms with Gasteiger partial charge in [-0.3, -0.25) is 14.7 Å². The molecule has 2 aromatic rings. The molecule has 1 aromatic heterocycles. The zero-order valence-electron chi connectivity index (χ0n) is 13.9. The number of carbonyl (C=O) groups excluding carboxylic acids is 1. The van der Waals surface area contributed by atoms with Crippen molar-refractivity contribution in [3.05, 3.63) is 46.7 Å². The first-order chi connectivity index (χ1) is 12.1. The minimum atomic E-state index is -0.356. The van der Waals surface area contributed by atoms with E-state index in [2.05, 4.69) is 9.88 Å². The Morgan fingerprint density at radius 2 is 2.12 bits per heavy atom. The monoisotopic (exact) mass is 361 g/mol. The predicted octanol–water partition coefficient (Wildman–Crippen LogP) is 2.68. The van der Waals surface area contributed by atoms with Gasteiger partial charge in [0.25, 0.3) is 5.91 Å². The highest BCUT2D eigenvalue weighted by Gasteiger charge is 2.43. The third-order valence-electron chi connectivity index (χ3n) is 4.87. The molecule has 4 rings (SSSR count). The molecule has 25 heavy (non-hydrogen) atoms. The fraction of sp³-hybridized carbons (Fsp3) is 0.444. The van der Waals surface area contributed by atoms with E-state index in [1.54, 1.807) is 28.4 Å². The van der Waals surface area contributed by atoms with Crippen LogP contribution in [0, 0.1) is 5.82 Å². The van der Waals surface area contributed by atoms with Gasteiger partial charge in [-0.05, 0) is 43.7 Å². The van der Waals surface area contributed by atoms with Gasteiger partial charge in [-0.15, -0.1) is 11.3 Å². The molecule has 2 saturated heterocycles. The molecule has 2 fully saturated rings. The molecule has 1 spiro atoms. The number of benzene rings is 1. The predicted molar refractivity (Wildman–Crippen MR) is 94.1 cm³/mol. The van der Waals surface area contributed by atoms with Gasteiger partial charge in [0.1, 0.15) is 12.4 Å². The first-order valence-corrected chi connectivity index (χ1v) is 9.31. The molecule has 0 N–H and O–H groups in total. The van der Waals surface area contributed by atoms with Crippen molar-refractivity contribution in [3.63, 3.8) is 0 Å². The van der Waals surface area contributed by atoms with Crippen molar-refractivity contribution >= 4 is 22.9 Å². The zero-order chi connectivity index (χ0) is 17.3. The maximum atomic E-state index is 13.2. The van der Waals surface area contributed by atoms with Crippen molar-refractivity contribution in [2.75, 3.05) is 31.1 Å². The van der Waals surface area contributed by atoms with Gasteiger partial charge < -0.3 is 9.64 Å². The molecule has 1 aromatic carbocycles. The van der Waals surface area contributed by atoms with Crippen LogP contribution in [-0.4, -0.2) is 47.6 Å². The number of ether oxygens (including phenoxy) is 1. The molecule has 3 heterocycles. The van der Waals surface area contributed by atoms with Crippen molar-refractivity contribution in [2.24, 2.45) is 0 Å². The number of carbonyl (C=O) groups is 1. The number of anilines is 1. The normalized spacial score (nSPS) is 24.8. The summed E-state index contributed by atoms with van der Waals surface area (Å²) < 4.78 is 19.2. The smallest absolute Gasteiger partial charge is 0.253 e. The van der Waals surface area contributed by atoms with Crippen molar-refractivity contribution in [3.8, 4) is 0 Å². The van der Waals surface area contributed by atoms with Crippen LogP contribution in [0.1, 0.15) is 17.7 Å². The lowest BCUT2D eigenvalue weighted by atomic mass is 9.90. The van der Waals surface area contributed by atoms with Gasteiger partial charge >= 0.3 is 0 Å². The maximum Gasteiger partial charge on any atom is 0.253 e. The fourth-order valence-electron chi connectivity index (χ4n) is 3.68. The van der Waals surface area contributed by atoms with Crippen LogP contribution in [0.15, 0.2) is 36.0 Å². The number of hydrogen-bond donors (Lipinski definition) is 0. The van der Waals surface area contributed by atoms with Gasteiger partial charge in [-0.2, -0.15) is 0 Å². The number of rotatable bonds is 3. The number of morpholine rings is 1. The number of halogens is 1. The van der Waals surface area contributed by atoms with E-state index < -0.39 is 0 Å². The highest BCUT2D eigenvalue weighted by Crippen LogP contribution is 2.32. The van der Waals surface area contributed by atoms with E-state index in [4.69, 9.17) is 4.74 Å². The van der Waals surface area contributed by atoms with E-state index in [0.717, 1.165) is 38.2 Å². The second-order valence-corrected chi connectivity index (χ2v) is 7.68. The highest BCUT2D eigenvalue weighted by atomic mass is 32.1. The minimum absolute atomic E-state index is 0.0724. The Kier molecular flexibility index (Phi) is 4.54. The van der Waals surface area contributed by atoms with Crippen LogP contribution in [0.4, 0.5) is 10.1 Å². The molecule has 0 radical (unpaired) electrons. The van der Waals surface area contributed by atoms with Crippen molar-refractivity contribution in [1.82, 2.24) is 9.88 Å². The second-order valence-electron chi connectivity index (χ2n) is 6.71. The molecule has 2 aliphatic rings. The summed E-state index contributed by atoms with van der Waals surface area (Å²) in [4.78, 5) is 21.8. The average molecular weight is 361 g/mol. The molecule has 0 aliphatic carbocycles. The Hall–Kier alpha value is -1.83. The molecule has 2 aliphatic heterocycles. The van der Waals surface area contributed by atoms with Crippen molar-refractivity contribution in [1.29, 1.82) is 0 Å². The van der Waals surface area contributed by atoms with Gasteiger partial charge in [-0.1, -0.05) is 0 Å². The number of likely N-dealkylation sites (tertiary alicyclic amines) is 1. The standard InChI is InChI=1S/C18H20FN3O2S/c19-14-2-4-15(5-3-14)22-12-18(24-10-17(22)23)6-1-7-21(11-18)9-16-8-20-13-25-16/h2-5,8,13H,1,6-7,9-12H2. The van der Waals surface area contributed by atoms with Gasteiger partial charge in [0.15, 0.2) is 0 Å². The van der Waals surface area contributed by atoms with E-state index in [0.29, 0.717) is 6.54 Å². The van der Waals surface area contributed by atoms with Gasteiger partial charge in [0.05, 0.1) is 17.7 Å². The first kappa shape index (κ1) is 16.6. The SMILES string of the molecule is O=C1COC2(CCCN(Cc3cncs3)C2)CN1c1ccc(F)cc1. The third kappa shape index (κ3) is 3.58. The number of nitrogens with zero attached hydrogens (tertiary/aromatic N) is 3. The lowest BCUT2D eigenvalue weighted by Gasteiger charge is -2.47. The molecule has 0 saturated carbocycles. The lowest BCUT2D eigenvalue weighted by Crippen LogP contribution is -2.61. The van der Waals surface area contributed by atoms with Gasteiger partial charge in [-0.25, -0.2) is 4.39 Å². The Balaban J connectivity index is 1.50. The molecule has 1 unspecified atom stereocenters. The molecular formula is C18H20FN3O2S. The summed E-state index contributed by atoms with van der Waals surface area (Å²) in [6.45, 7) is 3.26. The number of piperidine rings is 1. The largest absolute Gasteiger partial charge is 0.362 e. The van der Waals surface area contributed by atoms with Crippen LogP contribution in [-0.2, 0) is 16.1 Å². The molecule has 7 heteroatoms. The van der Waals surface area contributed by atoms with Crippen LogP contribution >= 0.6 is 11.3 Å². The number of thiazole rings is 1. The average Bonchev–Trinajstić information content (AvgIpc) is 3.11. The van der Waals surface area contributed by atoms with Crippen LogP contribution < -0.4 is 4.90 Å². The van der Waals surface area contributed by atoms with Crippen LogP contribution in [0.2, 0.25) is 0 Å². The minimum Gasteiger partial charge on any atom is -0.362 e. The highest BCUT2D eigenvalue weighted by molar-refractivity contribution is 7.09. The van der Waals surface area contributed by atoms with E-state index in [1.165, 1.54) is 17.0 Å². The number of amides is 1. The fourth-order valence-corrected chi connectivity index (χ4v) is 4.32. The van der Waals surface area contributed by atoms with Crippen LogP contribution in [0.5, 0.6) is 0 Å². The lowest BCUT2D eigenvalue weighted by molar-refractivity contribution is -0.146. The van der Waals surface area contributed by atoms with Crippen LogP contribution in [0.25, 0.3) is 0 Å². The molecular weight excluding hydrogens is 341 g/mol. The molecule has 5 nitrogen and oxygen atoms in total. The summed E-state index contributed by atoms with van der Waals surface area (Å²) in [6, 6.07) is 6.10. The molecule has 0 bridgehead atoms. The summed E-state index contributed by atoms with van der Waals surface area (Å²) in [5, 5.41) is 0. The Labute approximate surface area is 150 Å². The topological polar surface area (TPSA) is 45.7 Å². The number of hydrogen-bond acceptors (Lipinski definition) is 5. The Bertz CT molecular complexity index is 737. The Morgan fingerprint density at radius 3 is 2.88 bits per heavy atom. The van der Waals surface area contributed by atoms with Gasteiger partial charge in [0, 0.05) is 29.9 Å². The molecule has 1 amide bonds. The number of aromatic nitrogens is 1. The Morgan fingerprint density at radius 1 is 1.28 bits per heavy atom.